The number of anilines is 1. The van der Waals surface area contributed by atoms with Gasteiger partial charge in [-0.25, -0.2) is 4.98 Å². The summed E-state index contributed by atoms with van der Waals surface area (Å²) in [5.41, 5.74) is 0. The molecule has 3 aliphatic rings. The lowest BCUT2D eigenvalue weighted by Gasteiger charge is -2.38. The summed E-state index contributed by atoms with van der Waals surface area (Å²) in [7, 11) is 0. The first-order valence-corrected chi connectivity index (χ1v) is 8.51. The van der Waals surface area contributed by atoms with Gasteiger partial charge in [-0.3, -0.25) is 9.59 Å². The van der Waals surface area contributed by atoms with Gasteiger partial charge in [0, 0.05) is 32.4 Å². The predicted molar refractivity (Wildman–Crippen MR) is 88.4 cm³/mol. The molecule has 1 saturated carbocycles. The van der Waals surface area contributed by atoms with E-state index in [0.717, 1.165) is 25.3 Å². The zero-order chi connectivity index (χ0) is 16.7. The highest BCUT2D eigenvalue weighted by molar-refractivity contribution is 5.87. The molecule has 0 spiro atoms. The average Bonchev–Trinajstić information content (AvgIpc) is 3.23. The average molecular weight is 327 g/mol. The van der Waals surface area contributed by atoms with Crippen LogP contribution in [0.15, 0.2) is 36.5 Å². The SMILES string of the molecule is O=C(O)[C@@H]1[C@H](C(=O)N2CCN(c3ccccn3)CC2)[C@H]2C=C[C@H]1C2. The summed E-state index contributed by atoms with van der Waals surface area (Å²) in [6.45, 7) is 2.72. The van der Waals surface area contributed by atoms with E-state index < -0.39 is 11.9 Å². The van der Waals surface area contributed by atoms with Gasteiger partial charge in [0.2, 0.25) is 5.91 Å². The van der Waals surface area contributed by atoms with Gasteiger partial charge in [0.25, 0.3) is 0 Å². The fourth-order valence-corrected chi connectivity index (χ4v) is 4.40. The van der Waals surface area contributed by atoms with E-state index in [9.17, 15) is 14.7 Å². The molecular formula is C18H21N3O3. The van der Waals surface area contributed by atoms with Crippen molar-refractivity contribution in [3.8, 4) is 0 Å². The van der Waals surface area contributed by atoms with Gasteiger partial charge in [-0.2, -0.15) is 0 Å². The molecule has 1 aromatic rings. The van der Waals surface area contributed by atoms with Crippen LogP contribution in [0.2, 0.25) is 0 Å². The highest BCUT2D eigenvalue weighted by Gasteiger charge is 2.52. The molecule has 6 nitrogen and oxygen atoms in total. The third-order valence-corrected chi connectivity index (χ3v) is 5.59. The molecule has 1 amide bonds. The third kappa shape index (κ3) is 2.46. The number of aromatic nitrogens is 1. The van der Waals surface area contributed by atoms with Crippen molar-refractivity contribution in [2.24, 2.45) is 23.7 Å². The molecule has 1 aromatic heterocycles. The fraction of sp³-hybridized carbons (Fsp3) is 0.500. The minimum absolute atomic E-state index is 0.0138. The van der Waals surface area contributed by atoms with Gasteiger partial charge in [0.1, 0.15) is 5.82 Å². The first-order chi connectivity index (χ1) is 11.6. The molecule has 2 fully saturated rings. The quantitative estimate of drug-likeness (QED) is 0.846. The molecule has 2 aliphatic carbocycles. The molecule has 4 rings (SSSR count). The molecule has 126 valence electrons. The van der Waals surface area contributed by atoms with Gasteiger partial charge >= 0.3 is 5.97 Å². The number of amides is 1. The van der Waals surface area contributed by atoms with E-state index in [0.29, 0.717) is 13.1 Å². The van der Waals surface area contributed by atoms with Crippen LogP contribution in [-0.2, 0) is 9.59 Å². The minimum Gasteiger partial charge on any atom is -0.481 e. The van der Waals surface area contributed by atoms with Gasteiger partial charge in [-0.15, -0.1) is 0 Å². The van der Waals surface area contributed by atoms with E-state index in [4.69, 9.17) is 0 Å². The van der Waals surface area contributed by atoms with E-state index in [2.05, 4.69) is 9.88 Å². The molecule has 0 unspecified atom stereocenters. The number of carbonyl (C=O) groups is 2. The zero-order valence-corrected chi connectivity index (χ0v) is 13.4. The topological polar surface area (TPSA) is 73.7 Å². The Morgan fingerprint density at radius 1 is 1.04 bits per heavy atom. The van der Waals surface area contributed by atoms with Crippen LogP contribution >= 0.6 is 0 Å². The number of aliphatic carboxylic acids is 1. The summed E-state index contributed by atoms with van der Waals surface area (Å²) >= 11 is 0. The van der Waals surface area contributed by atoms with E-state index in [1.165, 1.54) is 0 Å². The van der Waals surface area contributed by atoms with Crippen LogP contribution in [0.1, 0.15) is 6.42 Å². The number of rotatable bonds is 3. The van der Waals surface area contributed by atoms with Crippen molar-refractivity contribution in [3.63, 3.8) is 0 Å². The molecule has 2 bridgehead atoms. The smallest absolute Gasteiger partial charge is 0.307 e. The van der Waals surface area contributed by atoms with Crippen molar-refractivity contribution in [2.45, 2.75) is 6.42 Å². The summed E-state index contributed by atoms with van der Waals surface area (Å²) in [6, 6.07) is 5.82. The Hall–Kier alpha value is -2.37. The molecule has 24 heavy (non-hydrogen) atoms. The summed E-state index contributed by atoms with van der Waals surface area (Å²) in [6.07, 6.45) is 6.59. The van der Waals surface area contributed by atoms with Crippen molar-refractivity contribution in [2.75, 3.05) is 31.1 Å². The number of allylic oxidation sites excluding steroid dienone is 2. The second-order valence-electron chi connectivity index (χ2n) is 6.84. The largest absolute Gasteiger partial charge is 0.481 e. The summed E-state index contributed by atoms with van der Waals surface area (Å²) in [5, 5.41) is 9.52. The van der Waals surface area contributed by atoms with Crippen LogP contribution in [-0.4, -0.2) is 53.0 Å². The second-order valence-corrected chi connectivity index (χ2v) is 6.84. The van der Waals surface area contributed by atoms with Gasteiger partial charge < -0.3 is 14.9 Å². The maximum absolute atomic E-state index is 12.9. The number of piperazine rings is 1. The second kappa shape index (κ2) is 5.92. The van der Waals surface area contributed by atoms with Gasteiger partial charge in [-0.1, -0.05) is 18.2 Å². The molecule has 1 N–H and O–H groups in total. The molecule has 4 atom stereocenters. The van der Waals surface area contributed by atoms with Crippen LogP contribution in [0.25, 0.3) is 0 Å². The van der Waals surface area contributed by atoms with Crippen molar-refractivity contribution in [1.29, 1.82) is 0 Å². The third-order valence-electron chi connectivity index (χ3n) is 5.59. The summed E-state index contributed by atoms with van der Waals surface area (Å²) in [5.74, 6) is -0.720. The Morgan fingerprint density at radius 3 is 2.38 bits per heavy atom. The number of carbonyl (C=O) groups excluding carboxylic acids is 1. The van der Waals surface area contributed by atoms with Crippen LogP contribution in [0, 0.1) is 23.7 Å². The maximum Gasteiger partial charge on any atom is 0.307 e. The van der Waals surface area contributed by atoms with Crippen LogP contribution in [0.4, 0.5) is 5.82 Å². The molecule has 0 radical (unpaired) electrons. The molecular weight excluding hydrogens is 306 g/mol. The van der Waals surface area contributed by atoms with E-state index in [-0.39, 0.29) is 23.7 Å². The number of carboxylic acids is 1. The first-order valence-electron chi connectivity index (χ1n) is 8.51. The van der Waals surface area contributed by atoms with Crippen molar-refractivity contribution >= 4 is 17.7 Å². The van der Waals surface area contributed by atoms with Crippen LogP contribution in [0.3, 0.4) is 0 Å². The number of hydrogen-bond acceptors (Lipinski definition) is 4. The summed E-state index contributed by atoms with van der Waals surface area (Å²) in [4.78, 5) is 32.9. The van der Waals surface area contributed by atoms with Crippen molar-refractivity contribution in [1.82, 2.24) is 9.88 Å². The maximum atomic E-state index is 12.9. The number of nitrogens with zero attached hydrogens (tertiary/aromatic N) is 3. The first kappa shape index (κ1) is 15.2. The molecule has 0 aromatic carbocycles. The Balaban J connectivity index is 1.43. The monoisotopic (exact) mass is 327 g/mol. The molecule has 1 aliphatic heterocycles. The molecule has 1 saturated heterocycles. The number of hydrogen-bond donors (Lipinski definition) is 1. The van der Waals surface area contributed by atoms with Crippen molar-refractivity contribution in [3.05, 3.63) is 36.5 Å². The molecule has 2 heterocycles. The number of fused-ring (bicyclic) bond motifs is 2. The lowest BCUT2D eigenvalue weighted by Crippen LogP contribution is -2.52. The minimum atomic E-state index is -0.836. The van der Waals surface area contributed by atoms with E-state index >= 15 is 0 Å². The molecule has 6 heteroatoms. The van der Waals surface area contributed by atoms with Crippen molar-refractivity contribution < 1.29 is 14.7 Å². The van der Waals surface area contributed by atoms with E-state index in [1.807, 2.05) is 35.3 Å². The summed E-state index contributed by atoms with van der Waals surface area (Å²) < 4.78 is 0. The predicted octanol–water partition coefficient (Wildman–Crippen LogP) is 1.25. The Morgan fingerprint density at radius 2 is 1.75 bits per heavy atom. The van der Waals surface area contributed by atoms with Gasteiger partial charge in [0.05, 0.1) is 11.8 Å². The lowest BCUT2D eigenvalue weighted by atomic mass is 9.82. The van der Waals surface area contributed by atoms with Crippen LogP contribution in [0.5, 0.6) is 0 Å². The van der Waals surface area contributed by atoms with Gasteiger partial charge in [0.15, 0.2) is 0 Å². The Labute approximate surface area is 140 Å². The van der Waals surface area contributed by atoms with Crippen LogP contribution < -0.4 is 4.90 Å². The fourth-order valence-electron chi connectivity index (χ4n) is 4.40. The van der Waals surface area contributed by atoms with E-state index in [1.54, 1.807) is 6.20 Å². The number of carboxylic acid groups (broad SMARTS) is 1. The van der Waals surface area contributed by atoms with Gasteiger partial charge in [-0.05, 0) is 30.4 Å². The highest BCUT2D eigenvalue weighted by Crippen LogP contribution is 2.48. The Bertz CT molecular complexity index is 667. The number of pyridine rings is 1. The normalized spacial score (nSPS) is 31.5. The Kier molecular flexibility index (Phi) is 3.75. The standard InChI is InChI=1S/C18H21N3O3/c22-17(15-12-4-5-13(11-12)16(15)18(23)24)21-9-7-20(8-10-21)14-3-1-2-6-19-14/h1-6,12-13,15-16H,7-11H2,(H,23,24)/t12-,13-,15+,16-/m0/s1. The lowest BCUT2D eigenvalue weighted by molar-refractivity contribution is -0.151. The highest BCUT2D eigenvalue weighted by atomic mass is 16.4. The zero-order valence-electron chi connectivity index (χ0n) is 13.4.